The Morgan fingerprint density at radius 2 is 1.62 bits per heavy atom. The van der Waals surface area contributed by atoms with Crippen molar-refractivity contribution in [1.29, 1.82) is 0 Å². The van der Waals surface area contributed by atoms with E-state index >= 15 is 0 Å². The fraction of sp³-hybridized carbons (Fsp3) is 0.368. The smallest absolute Gasteiger partial charge is 0.231 e. The summed E-state index contributed by atoms with van der Waals surface area (Å²) < 4.78 is 27.2. The van der Waals surface area contributed by atoms with Crippen molar-refractivity contribution in [3.05, 3.63) is 35.4 Å². The summed E-state index contributed by atoms with van der Waals surface area (Å²) in [4.78, 5) is 0. The number of fused-ring (bicyclic) bond motifs is 2. The third-order valence-corrected chi connectivity index (χ3v) is 4.70. The third-order valence-electron chi connectivity index (χ3n) is 4.70. The Hall–Kier alpha value is -2.80. The van der Waals surface area contributed by atoms with Gasteiger partial charge in [-0.05, 0) is 23.8 Å². The molecule has 2 aliphatic rings. The Kier molecular flexibility index (Phi) is 3.77. The Labute approximate surface area is 150 Å². The molecule has 0 bridgehead atoms. The fourth-order valence-corrected chi connectivity index (χ4v) is 3.48. The molecule has 0 radical (unpaired) electrons. The molecule has 2 atom stereocenters. The summed E-state index contributed by atoms with van der Waals surface area (Å²) in [5, 5.41) is 20.8. The number of methoxy groups -OCH3 is 2. The standard InChI is InChI=1S/C19H20O7/c1-19(21)8-12(10-4-16(22-2)18(20)17(5-10)23-3)11-6-14-15(25-9-24-14)7-13(11)26-19/h4-7,12,20-21H,8-9H2,1-3H3. The molecule has 26 heavy (non-hydrogen) atoms. The summed E-state index contributed by atoms with van der Waals surface area (Å²) in [6, 6.07) is 7.06. The van der Waals surface area contributed by atoms with Crippen molar-refractivity contribution in [2.45, 2.75) is 25.0 Å². The molecule has 2 heterocycles. The molecule has 0 aliphatic carbocycles. The van der Waals surface area contributed by atoms with Gasteiger partial charge in [-0.15, -0.1) is 0 Å². The lowest BCUT2D eigenvalue weighted by Crippen LogP contribution is -2.38. The van der Waals surface area contributed by atoms with Crippen LogP contribution < -0.4 is 23.7 Å². The zero-order valence-electron chi connectivity index (χ0n) is 14.7. The van der Waals surface area contributed by atoms with Crippen molar-refractivity contribution in [3.8, 4) is 34.5 Å². The van der Waals surface area contributed by atoms with Crippen molar-refractivity contribution in [2.24, 2.45) is 0 Å². The molecule has 0 fully saturated rings. The number of phenolic OH excluding ortho intramolecular Hbond substituents is 1. The maximum Gasteiger partial charge on any atom is 0.231 e. The van der Waals surface area contributed by atoms with E-state index in [4.69, 9.17) is 23.7 Å². The first-order chi connectivity index (χ1) is 12.4. The van der Waals surface area contributed by atoms with Gasteiger partial charge in [-0.1, -0.05) is 0 Å². The second-order valence-electron chi connectivity index (χ2n) is 6.55. The average molecular weight is 360 g/mol. The molecule has 7 nitrogen and oxygen atoms in total. The number of ether oxygens (including phenoxy) is 5. The van der Waals surface area contributed by atoms with E-state index in [1.165, 1.54) is 14.2 Å². The van der Waals surface area contributed by atoms with Crippen molar-refractivity contribution < 1.29 is 33.9 Å². The van der Waals surface area contributed by atoms with E-state index in [1.807, 2.05) is 6.07 Å². The molecule has 0 saturated heterocycles. The Morgan fingerprint density at radius 3 is 2.23 bits per heavy atom. The van der Waals surface area contributed by atoms with E-state index in [9.17, 15) is 10.2 Å². The highest BCUT2D eigenvalue weighted by Crippen LogP contribution is 2.50. The van der Waals surface area contributed by atoms with Crippen molar-refractivity contribution in [3.63, 3.8) is 0 Å². The maximum absolute atomic E-state index is 10.6. The van der Waals surface area contributed by atoms with Crippen LogP contribution in [0.1, 0.15) is 30.4 Å². The predicted octanol–water partition coefficient (Wildman–Crippen LogP) is 2.76. The lowest BCUT2D eigenvalue weighted by atomic mass is 9.83. The van der Waals surface area contributed by atoms with Gasteiger partial charge in [-0.25, -0.2) is 0 Å². The first-order valence-electron chi connectivity index (χ1n) is 8.21. The maximum atomic E-state index is 10.6. The first-order valence-corrected chi connectivity index (χ1v) is 8.21. The fourth-order valence-electron chi connectivity index (χ4n) is 3.48. The molecule has 0 amide bonds. The van der Waals surface area contributed by atoms with Crippen LogP contribution in [0.25, 0.3) is 0 Å². The van der Waals surface area contributed by atoms with Crippen LogP contribution in [0.2, 0.25) is 0 Å². The molecular weight excluding hydrogens is 340 g/mol. The first kappa shape index (κ1) is 16.7. The SMILES string of the molecule is COc1cc(C2CC(C)(O)Oc3cc4c(cc32)OCO4)cc(OC)c1O. The zero-order valence-corrected chi connectivity index (χ0v) is 14.7. The molecule has 2 aromatic rings. The highest BCUT2D eigenvalue weighted by Gasteiger charge is 2.38. The minimum Gasteiger partial charge on any atom is -0.502 e. The monoisotopic (exact) mass is 360 g/mol. The van der Waals surface area contributed by atoms with E-state index in [2.05, 4.69) is 0 Å². The summed E-state index contributed by atoms with van der Waals surface area (Å²) in [6.45, 7) is 1.77. The van der Waals surface area contributed by atoms with Gasteiger partial charge in [-0.2, -0.15) is 0 Å². The number of rotatable bonds is 3. The summed E-state index contributed by atoms with van der Waals surface area (Å²) >= 11 is 0. The van der Waals surface area contributed by atoms with Crippen molar-refractivity contribution in [2.75, 3.05) is 21.0 Å². The molecule has 0 spiro atoms. The third kappa shape index (κ3) is 2.64. The number of benzene rings is 2. The number of aliphatic hydroxyl groups is 1. The van der Waals surface area contributed by atoms with Gasteiger partial charge in [0, 0.05) is 30.9 Å². The topological polar surface area (TPSA) is 86.6 Å². The molecule has 2 unspecified atom stereocenters. The summed E-state index contributed by atoms with van der Waals surface area (Å²) in [6.07, 6.45) is 0.316. The van der Waals surface area contributed by atoms with Crippen LogP contribution in [0.15, 0.2) is 24.3 Å². The van der Waals surface area contributed by atoms with Gasteiger partial charge in [-0.3, -0.25) is 0 Å². The van der Waals surface area contributed by atoms with E-state index in [0.29, 0.717) is 35.2 Å². The average Bonchev–Trinajstić information content (AvgIpc) is 3.06. The molecular formula is C19H20O7. The minimum absolute atomic E-state index is 0.0662. The highest BCUT2D eigenvalue weighted by atomic mass is 16.7. The van der Waals surface area contributed by atoms with E-state index in [-0.39, 0.29) is 18.5 Å². The number of aromatic hydroxyl groups is 1. The minimum atomic E-state index is -1.36. The largest absolute Gasteiger partial charge is 0.502 e. The van der Waals surface area contributed by atoms with Gasteiger partial charge in [0.2, 0.25) is 18.3 Å². The summed E-state index contributed by atoms with van der Waals surface area (Å²) in [7, 11) is 2.95. The molecule has 2 aromatic carbocycles. The van der Waals surface area contributed by atoms with Crippen molar-refractivity contribution in [1.82, 2.24) is 0 Å². The van der Waals surface area contributed by atoms with Crippen LogP contribution in [0.4, 0.5) is 0 Å². The lowest BCUT2D eigenvalue weighted by molar-refractivity contribution is -0.137. The molecule has 0 saturated carbocycles. The molecule has 0 aromatic heterocycles. The number of hydrogen-bond donors (Lipinski definition) is 2. The molecule has 138 valence electrons. The normalized spacial score (nSPS) is 23.2. The number of hydrogen-bond acceptors (Lipinski definition) is 7. The molecule has 4 rings (SSSR count). The summed E-state index contributed by atoms with van der Waals surface area (Å²) in [5.74, 6) is 0.707. The van der Waals surface area contributed by atoms with Gasteiger partial charge < -0.3 is 33.9 Å². The predicted molar refractivity (Wildman–Crippen MR) is 91.5 cm³/mol. The van der Waals surface area contributed by atoms with Crippen LogP contribution >= 0.6 is 0 Å². The van der Waals surface area contributed by atoms with Gasteiger partial charge >= 0.3 is 0 Å². The molecule has 2 N–H and O–H groups in total. The van der Waals surface area contributed by atoms with Crippen LogP contribution in [0.3, 0.4) is 0 Å². The van der Waals surface area contributed by atoms with Crippen LogP contribution in [0, 0.1) is 0 Å². The highest BCUT2D eigenvalue weighted by molar-refractivity contribution is 5.59. The quantitative estimate of drug-likeness (QED) is 0.870. The Morgan fingerprint density at radius 1 is 1.00 bits per heavy atom. The van der Waals surface area contributed by atoms with Crippen LogP contribution in [-0.4, -0.2) is 37.0 Å². The Bertz CT molecular complexity index is 834. The summed E-state index contributed by atoms with van der Waals surface area (Å²) in [5.41, 5.74) is 1.68. The van der Waals surface area contributed by atoms with Gasteiger partial charge in [0.1, 0.15) is 5.75 Å². The molecule has 7 heteroatoms. The van der Waals surface area contributed by atoms with Crippen molar-refractivity contribution >= 4 is 0 Å². The molecule has 2 aliphatic heterocycles. The number of phenols is 1. The van der Waals surface area contributed by atoms with Gasteiger partial charge in [0.25, 0.3) is 0 Å². The second-order valence-corrected chi connectivity index (χ2v) is 6.55. The van der Waals surface area contributed by atoms with Crippen LogP contribution in [-0.2, 0) is 0 Å². The lowest BCUT2D eigenvalue weighted by Gasteiger charge is -2.36. The van der Waals surface area contributed by atoms with Crippen LogP contribution in [0.5, 0.6) is 34.5 Å². The van der Waals surface area contributed by atoms with Gasteiger partial charge in [0.15, 0.2) is 23.0 Å². The Balaban J connectivity index is 1.87. The zero-order chi connectivity index (χ0) is 18.5. The second kappa shape index (κ2) is 5.88. The van der Waals surface area contributed by atoms with E-state index in [1.54, 1.807) is 25.1 Å². The van der Waals surface area contributed by atoms with Gasteiger partial charge in [0.05, 0.1) is 14.2 Å². The van der Waals surface area contributed by atoms with E-state index in [0.717, 1.165) is 11.1 Å². The van der Waals surface area contributed by atoms with E-state index < -0.39 is 5.79 Å².